The lowest BCUT2D eigenvalue weighted by atomic mass is 10.1. The second-order valence-electron chi connectivity index (χ2n) is 4.42. The largest absolute Gasteiger partial charge is 0.394 e. The summed E-state index contributed by atoms with van der Waals surface area (Å²) in [4.78, 5) is 12.0. The number of rotatable bonds is 4. The third kappa shape index (κ3) is 4.00. The van der Waals surface area contributed by atoms with Gasteiger partial charge < -0.3 is 10.4 Å². The number of aliphatic hydroxyl groups excluding tert-OH is 1. The number of carbonyl (C=O) groups is 1. The maximum atomic E-state index is 13.1. The van der Waals surface area contributed by atoms with Crippen LogP contribution in [0.4, 0.5) is 8.78 Å². The third-order valence-corrected chi connectivity index (χ3v) is 3.14. The molecule has 2 aromatic rings. The summed E-state index contributed by atoms with van der Waals surface area (Å²) in [6, 6.07) is 8.37. The standard InChI is InChI=1S/C15H12ClF2NO2/c16-11-3-1-9(2-4-11)14(8-20)19-15(21)10-5-12(17)7-13(18)6-10/h1-7,14,20H,8H2,(H,19,21). The molecule has 0 saturated carbocycles. The molecule has 2 rings (SSSR count). The fraction of sp³-hybridized carbons (Fsp3) is 0.133. The first-order chi connectivity index (χ1) is 9.99. The Morgan fingerprint density at radius 2 is 1.71 bits per heavy atom. The van der Waals surface area contributed by atoms with Crippen molar-refractivity contribution < 1.29 is 18.7 Å². The Morgan fingerprint density at radius 1 is 1.14 bits per heavy atom. The van der Waals surface area contributed by atoms with Crippen molar-refractivity contribution in [1.82, 2.24) is 5.32 Å². The number of hydrogen-bond donors (Lipinski definition) is 2. The van der Waals surface area contributed by atoms with E-state index in [9.17, 15) is 18.7 Å². The molecule has 0 heterocycles. The molecule has 1 atom stereocenters. The van der Waals surface area contributed by atoms with Gasteiger partial charge in [0.2, 0.25) is 0 Å². The number of halogens is 3. The number of aliphatic hydroxyl groups is 1. The van der Waals surface area contributed by atoms with Gasteiger partial charge >= 0.3 is 0 Å². The molecule has 0 aliphatic carbocycles. The van der Waals surface area contributed by atoms with Crippen molar-refractivity contribution in [1.29, 1.82) is 0 Å². The molecule has 0 radical (unpaired) electrons. The maximum absolute atomic E-state index is 13.1. The van der Waals surface area contributed by atoms with Crippen LogP contribution in [0.1, 0.15) is 22.0 Å². The van der Waals surface area contributed by atoms with Crippen molar-refractivity contribution in [2.24, 2.45) is 0 Å². The molecule has 0 aromatic heterocycles. The van der Waals surface area contributed by atoms with Crippen LogP contribution in [0.25, 0.3) is 0 Å². The van der Waals surface area contributed by atoms with E-state index in [4.69, 9.17) is 11.6 Å². The van der Waals surface area contributed by atoms with Crippen LogP contribution < -0.4 is 5.32 Å². The lowest BCUT2D eigenvalue weighted by Crippen LogP contribution is -2.30. The summed E-state index contributed by atoms with van der Waals surface area (Å²) in [6.45, 7) is -0.356. The van der Waals surface area contributed by atoms with Gasteiger partial charge in [-0.25, -0.2) is 8.78 Å². The molecule has 0 spiro atoms. The lowest BCUT2D eigenvalue weighted by Gasteiger charge is -2.17. The molecule has 21 heavy (non-hydrogen) atoms. The van der Waals surface area contributed by atoms with Crippen LogP contribution in [0, 0.1) is 11.6 Å². The van der Waals surface area contributed by atoms with E-state index in [1.165, 1.54) is 0 Å². The predicted molar refractivity (Wildman–Crippen MR) is 75.1 cm³/mol. The molecule has 0 saturated heterocycles. The Morgan fingerprint density at radius 3 is 2.24 bits per heavy atom. The summed E-state index contributed by atoms with van der Waals surface area (Å²) in [7, 11) is 0. The van der Waals surface area contributed by atoms with Gasteiger partial charge in [-0.2, -0.15) is 0 Å². The molecule has 1 amide bonds. The summed E-state index contributed by atoms with van der Waals surface area (Å²) in [6.07, 6.45) is 0. The smallest absolute Gasteiger partial charge is 0.252 e. The van der Waals surface area contributed by atoms with Gasteiger partial charge in [0.05, 0.1) is 12.6 Å². The molecule has 6 heteroatoms. The second kappa shape index (κ2) is 6.65. The number of carbonyl (C=O) groups excluding carboxylic acids is 1. The predicted octanol–water partition coefficient (Wildman–Crippen LogP) is 3.08. The Kier molecular flexibility index (Phi) is 4.88. The summed E-state index contributed by atoms with van der Waals surface area (Å²) >= 11 is 5.76. The maximum Gasteiger partial charge on any atom is 0.252 e. The number of amides is 1. The first-order valence-corrected chi connectivity index (χ1v) is 6.50. The number of benzene rings is 2. The Hall–Kier alpha value is -1.98. The zero-order valence-electron chi connectivity index (χ0n) is 10.8. The molecule has 0 aliphatic rings. The van der Waals surface area contributed by atoms with E-state index in [2.05, 4.69) is 5.32 Å². The van der Waals surface area contributed by atoms with Crippen molar-refractivity contribution in [3.8, 4) is 0 Å². The van der Waals surface area contributed by atoms with Crippen LogP contribution in [-0.4, -0.2) is 17.6 Å². The molecule has 0 bridgehead atoms. The van der Waals surface area contributed by atoms with E-state index in [1.54, 1.807) is 24.3 Å². The molecular formula is C15H12ClF2NO2. The van der Waals surface area contributed by atoms with Crippen LogP contribution >= 0.6 is 11.6 Å². The zero-order valence-corrected chi connectivity index (χ0v) is 11.6. The summed E-state index contributed by atoms with van der Waals surface area (Å²) in [5.41, 5.74) is 0.479. The minimum absolute atomic E-state index is 0.153. The van der Waals surface area contributed by atoms with E-state index >= 15 is 0 Å². The summed E-state index contributed by atoms with van der Waals surface area (Å²) in [5.74, 6) is -2.36. The fourth-order valence-electron chi connectivity index (χ4n) is 1.86. The Balaban J connectivity index is 2.18. The van der Waals surface area contributed by atoms with Gasteiger partial charge in [-0.3, -0.25) is 4.79 Å². The van der Waals surface area contributed by atoms with Gasteiger partial charge in [-0.15, -0.1) is 0 Å². The van der Waals surface area contributed by atoms with Gasteiger partial charge in [-0.1, -0.05) is 23.7 Å². The van der Waals surface area contributed by atoms with Crippen LogP contribution in [0.15, 0.2) is 42.5 Å². The zero-order chi connectivity index (χ0) is 15.4. The highest BCUT2D eigenvalue weighted by atomic mass is 35.5. The van der Waals surface area contributed by atoms with Gasteiger partial charge in [0.25, 0.3) is 5.91 Å². The van der Waals surface area contributed by atoms with Crippen molar-refractivity contribution in [3.63, 3.8) is 0 Å². The average molecular weight is 312 g/mol. The highest BCUT2D eigenvalue weighted by Gasteiger charge is 2.16. The van der Waals surface area contributed by atoms with E-state index in [1.807, 2.05) is 0 Å². The molecule has 3 nitrogen and oxygen atoms in total. The van der Waals surface area contributed by atoms with Crippen LogP contribution in [0.5, 0.6) is 0 Å². The van der Waals surface area contributed by atoms with Gasteiger partial charge in [0.1, 0.15) is 11.6 Å². The van der Waals surface area contributed by atoms with Crippen LogP contribution in [0.2, 0.25) is 5.02 Å². The molecule has 0 aliphatic heterocycles. The Bertz CT molecular complexity index is 626. The summed E-state index contributed by atoms with van der Waals surface area (Å²) in [5, 5.41) is 12.4. The van der Waals surface area contributed by atoms with E-state index < -0.39 is 23.6 Å². The van der Waals surface area contributed by atoms with Crippen LogP contribution in [-0.2, 0) is 0 Å². The normalized spacial score (nSPS) is 12.0. The highest BCUT2D eigenvalue weighted by Crippen LogP contribution is 2.17. The van der Waals surface area contributed by atoms with Crippen LogP contribution in [0.3, 0.4) is 0 Å². The molecule has 2 aromatic carbocycles. The molecule has 2 N–H and O–H groups in total. The second-order valence-corrected chi connectivity index (χ2v) is 4.85. The number of nitrogens with one attached hydrogen (secondary N) is 1. The topological polar surface area (TPSA) is 49.3 Å². The molecule has 0 fully saturated rings. The quantitative estimate of drug-likeness (QED) is 0.911. The fourth-order valence-corrected chi connectivity index (χ4v) is 1.98. The van der Waals surface area contributed by atoms with Crippen molar-refractivity contribution >= 4 is 17.5 Å². The van der Waals surface area contributed by atoms with Crippen molar-refractivity contribution in [2.45, 2.75) is 6.04 Å². The highest BCUT2D eigenvalue weighted by molar-refractivity contribution is 6.30. The average Bonchev–Trinajstić information content (AvgIpc) is 2.44. The van der Waals surface area contributed by atoms with E-state index in [0.717, 1.165) is 12.1 Å². The molecule has 1 unspecified atom stereocenters. The van der Waals surface area contributed by atoms with Gasteiger partial charge in [-0.05, 0) is 29.8 Å². The monoisotopic (exact) mass is 311 g/mol. The number of hydrogen-bond acceptors (Lipinski definition) is 2. The van der Waals surface area contributed by atoms with Crippen molar-refractivity contribution in [3.05, 3.63) is 70.2 Å². The minimum Gasteiger partial charge on any atom is -0.394 e. The third-order valence-electron chi connectivity index (χ3n) is 2.89. The lowest BCUT2D eigenvalue weighted by molar-refractivity contribution is 0.0915. The van der Waals surface area contributed by atoms with Crippen molar-refractivity contribution in [2.75, 3.05) is 6.61 Å². The first-order valence-electron chi connectivity index (χ1n) is 6.13. The van der Waals surface area contributed by atoms with E-state index in [-0.39, 0.29) is 12.2 Å². The molecular weight excluding hydrogens is 300 g/mol. The molecule has 110 valence electrons. The van der Waals surface area contributed by atoms with E-state index in [0.29, 0.717) is 16.7 Å². The minimum atomic E-state index is -0.841. The van der Waals surface area contributed by atoms with Gasteiger partial charge in [0.15, 0.2) is 0 Å². The first kappa shape index (κ1) is 15.4. The SMILES string of the molecule is O=C(NC(CO)c1ccc(Cl)cc1)c1cc(F)cc(F)c1. The Labute approximate surface area is 125 Å². The van der Waals surface area contributed by atoms with Gasteiger partial charge in [0, 0.05) is 16.7 Å². The summed E-state index contributed by atoms with van der Waals surface area (Å²) < 4.78 is 26.2.